The van der Waals surface area contributed by atoms with Crippen molar-refractivity contribution in [1.82, 2.24) is 20.4 Å². The largest absolute Gasteiger partial charge is 0.316 e. The van der Waals surface area contributed by atoms with Crippen LogP contribution < -0.4 is 10.9 Å². The maximum Gasteiger partial charge on any atom is 0.275 e. The number of carbonyl (C=O) groups is 3. The summed E-state index contributed by atoms with van der Waals surface area (Å²) in [4.78, 5) is 46.6. The van der Waals surface area contributed by atoms with E-state index in [9.17, 15) is 19.2 Å². The number of piperazine rings is 1. The van der Waals surface area contributed by atoms with Crippen LogP contribution in [0.1, 0.15) is 17.4 Å². The molecule has 1 aliphatic heterocycles. The summed E-state index contributed by atoms with van der Waals surface area (Å²) in [6.45, 7) is 1.29. The van der Waals surface area contributed by atoms with Crippen LogP contribution in [0.2, 0.25) is 0 Å². The third-order valence-corrected chi connectivity index (χ3v) is 2.58. The van der Waals surface area contributed by atoms with E-state index in [0.717, 1.165) is 11.0 Å². The lowest BCUT2D eigenvalue weighted by Gasteiger charge is -2.31. The van der Waals surface area contributed by atoms with Gasteiger partial charge >= 0.3 is 0 Å². The number of aromatic amines is 1. The molecule has 1 aromatic rings. The number of H-pyrrole nitrogens is 1. The molecule has 1 saturated heterocycles. The Balaban J connectivity index is 2.27. The summed E-state index contributed by atoms with van der Waals surface area (Å²) in [6, 6.07) is 1.63. The molecule has 0 spiro atoms. The fourth-order valence-corrected chi connectivity index (χ4v) is 1.57. The topological polar surface area (TPSA) is 112 Å². The summed E-state index contributed by atoms with van der Waals surface area (Å²) in [5.74, 6) is -1.66. The summed E-state index contributed by atoms with van der Waals surface area (Å²) in [7, 11) is 0. The van der Waals surface area contributed by atoms with Crippen LogP contribution in [0.5, 0.6) is 0 Å². The number of nitrogens with zero attached hydrogens (tertiary/aromatic N) is 2. The first-order chi connectivity index (χ1) is 8.49. The van der Waals surface area contributed by atoms with E-state index in [1.54, 1.807) is 0 Å². The minimum atomic E-state index is -0.760. The lowest BCUT2D eigenvalue weighted by molar-refractivity contribution is -0.138. The molecule has 1 fully saturated rings. The fraction of sp³-hybridized carbons (Fsp3) is 0.300. The second kappa shape index (κ2) is 4.40. The second-order valence-electron chi connectivity index (χ2n) is 3.83. The van der Waals surface area contributed by atoms with Gasteiger partial charge in [0.25, 0.3) is 11.5 Å². The molecule has 94 valence electrons. The first kappa shape index (κ1) is 12.0. The average molecular weight is 250 g/mol. The van der Waals surface area contributed by atoms with E-state index < -0.39 is 29.3 Å². The lowest BCUT2D eigenvalue weighted by atomic mass is 10.2. The Labute approximate surface area is 101 Å². The predicted molar refractivity (Wildman–Crippen MR) is 58.5 cm³/mol. The molecule has 8 heteroatoms. The number of nitrogens with one attached hydrogen (secondary N) is 2. The van der Waals surface area contributed by atoms with E-state index in [2.05, 4.69) is 15.5 Å². The van der Waals surface area contributed by atoms with Crippen molar-refractivity contribution >= 4 is 17.7 Å². The number of hydrogen-bond donors (Lipinski definition) is 2. The van der Waals surface area contributed by atoms with E-state index in [4.69, 9.17) is 0 Å². The molecule has 2 N–H and O–H groups in total. The van der Waals surface area contributed by atoms with Gasteiger partial charge < -0.3 is 4.90 Å². The maximum absolute atomic E-state index is 12.0. The summed E-state index contributed by atoms with van der Waals surface area (Å²) in [5.41, 5.74) is -0.462. The zero-order valence-electron chi connectivity index (χ0n) is 9.47. The van der Waals surface area contributed by atoms with Crippen LogP contribution in [-0.2, 0) is 9.59 Å². The Bertz CT molecular complexity index is 559. The number of rotatable bonds is 1. The van der Waals surface area contributed by atoms with Crippen molar-refractivity contribution in [2.75, 3.05) is 6.54 Å². The molecule has 2 heterocycles. The van der Waals surface area contributed by atoms with Gasteiger partial charge in [0.1, 0.15) is 18.3 Å². The van der Waals surface area contributed by atoms with Crippen molar-refractivity contribution in [3.63, 3.8) is 0 Å². The average Bonchev–Trinajstić information content (AvgIpc) is 2.34. The smallest absolute Gasteiger partial charge is 0.275 e. The Morgan fingerprint density at radius 1 is 1.39 bits per heavy atom. The number of imide groups is 1. The molecule has 1 aromatic heterocycles. The monoisotopic (exact) mass is 250 g/mol. The zero-order chi connectivity index (χ0) is 13.3. The maximum atomic E-state index is 12.0. The standard InChI is InChI=1S/C10H10N4O4/c1-5-9(17)11-8(16)4-14(5)10(18)6-2-3-7(15)13-12-6/h2-3,5H,4H2,1H3,(H,13,15)(H,11,16,17). The van der Waals surface area contributed by atoms with Crippen molar-refractivity contribution < 1.29 is 14.4 Å². The quantitative estimate of drug-likeness (QED) is 0.574. The zero-order valence-corrected chi connectivity index (χ0v) is 9.47. The molecule has 0 radical (unpaired) electrons. The third-order valence-electron chi connectivity index (χ3n) is 2.58. The molecule has 18 heavy (non-hydrogen) atoms. The Morgan fingerprint density at radius 3 is 2.72 bits per heavy atom. The number of carbonyl (C=O) groups excluding carboxylic acids is 3. The lowest BCUT2D eigenvalue weighted by Crippen LogP contribution is -2.58. The number of hydrogen-bond acceptors (Lipinski definition) is 5. The minimum Gasteiger partial charge on any atom is -0.316 e. The number of amides is 3. The summed E-state index contributed by atoms with van der Waals surface area (Å²) in [6.07, 6.45) is 0. The van der Waals surface area contributed by atoms with Gasteiger partial charge in [0.2, 0.25) is 11.8 Å². The minimum absolute atomic E-state index is 0.0241. The fourth-order valence-electron chi connectivity index (χ4n) is 1.57. The summed E-state index contributed by atoms with van der Waals surface area (Å²) < 4.78 is 0. The van der Waals surface area contributed by atoms with Gasteiger partial charge in [-0.2, -0.15) is 5.10 Å². The molecular weight excluding hydrogens is 240 g/mol. The Kier molecular flexibility index (Phi) is 2.92. The van der Waals surface area contributed by atoms with Crippen molar-refractivity contribution in [3.05, 3.63) is 28.2 Å². The third kappa shape index (κ3) is 2.12. The van der Waals surface area contributed by atoms with E-state index in [1.807, 2.05) is 0 Å². The van der Waals surface area contributed by atoms with Gasteiger partial charge in [-0.05, 0) is 13.0 Å². The Morgan fingerprint density at radius 2 is 2.11 bits per heavy atom. The van der Waals surface area contributed by atoms with E-state index >= 15 is 0 Å². The van der Waals surface area contributed by atoms with Gasteiger partial charge in [-0.3, -0.25) is 24.5 Å². The van der Waals surface area contributed by atoms with Gasteiger partial charge in [0, 0.05) is 6.07 Å². The molecule has 1 atom stereocenters. The molecule has 0 saturated carbocycles. The van der Waals surface area contributed by atoms with Gasteiger partial charge in [-0.25, -0.2) is 5.10 Å². The van der Waals surface area contributed by atoms with Crippen LogP contribution >= 0.6 is 0 Å². The summed E-state index contributed by atoms with van der Waals surface area (Å²) >= 11 is 0. The summed E-state index contributed by atoms with van der Waals surface area (Å²) in [5, 5.41) is 7.81. The van der Waals surface area contributed by atoms with E-state index in [1.165, 1.54) is 13.0 Å². The van der Waals surface area contributed by atoms with Crippen LogP contribution in [-0.4, -0.2) is 45.4 Å². The van der Waals surface area contributed by atoms with Crippen molar-refractivity contribution in [1.29, 1.82) is 0 Å². The van der Waals surface area contributed by atoms with Crippen LogP contribution in [0.25, 0.3) is 0 Å². The highest BCUT2D eigenvalue weighted by molar-refractivity contribution is 6.06. The molecular formula is C10H10N4O4. The number of aromatic nitrogens is 2. The van der Waals surface area contributed by atoms with Crippen molar-refractivity contribution in [2.24, 2.45) is 0 Å². The Hall–Kier alpha value is -2.51. The van der Waals surface area contributed by atoms with Crippen molar-refractivity contribution in [2.45, 2.75) is 13.0 Å². The predicted octanol–water partition coefficient (Wildman–Crippen LogP) is -1.74. The highest BCUT2D eigenvalue weighted by Gasteiger charge is 2.34. The second-order valence-corrected chi connectivity index (χ2v) is 3.83. The van der Waals surface area contributed by atoms with Gasteiger partial charge in [0.15, 0.2) is 0 Å². The molecule has 1 aliphatic rings. The van der Waals surface area contributed by atoms with Crippen LogP contribution in [0.15, 0.2) is 16.9 Å². The van der Waals surface area contributed by atoms with Gasteiger partial charge in [-0.1, -0.05) is 0 Å². The first-order valence-corrected chi connectivity index (χ1v) is 5.19. The molecule has 0 aliphatic carbocycles. The van der Waals surface area contributed by atoms with Crippen LogP contribution in [0.3, 0.4) is 0 Å². The van der Waals surface area contributed by atoms with Crippen LogP contribution in [0, 0.1) is 0 Å². The van der Waals surface area contributed by atoms with Gasteiger partial charge in [-0.15, -0.1) is 0 Å². The van der Waals surface area contributed by atoms with E-state index in [0.29, 0.717) is 0 Å². The SMILES string of the molecule is CC1C(=O)NC(=O)CN1C(=O)c1ccc(=O)[nH]n1. The normalized spacial score (nSPS) is 19.6. The van der Waals surface area contributed by atoms with Crippen molar-refractivity contribution in [3.8, 4) is 0 Å². The molecule has 0 bridgehead atoms. The highest BCUT2D eigenvalue weighted by atomic mass is 16.2. The molecule has 0 aromatic carbocycles. The van der Waals surface area contributed by atoms with Crippen LogP contribution in [0.4, 0.5) is 0 Å². The van der Waals surface area contributed by atoms with Gasteiger partial charge in [0.05, 0.1) is 0 Å². The molecule has 2 rings (SSSR count). The first-order valence-electron chi connectivity index (χ1n) is 5.19. The highest BCUT2D eigenvalue weighted by Crippen LogP contribution is 2.08. The van der Waals surface area contributed by atoms with E-state index in [-0.39, 0.29) is 12.2 Å². The molecule has 3 amide bonds. The molecule has 8 nitrogen and oxygen atoms in total. The molecule has 1 unspecified atom stereocenters.